The van der Waals surface area contributed by atoms with Crippen LogP contribution in [0.4, 0.5) is 0 Å². The lowest BCUT2D eigenvalue weighted by atomic mass is 9.94. The Bertz CT molecular complexity index is 697. The zero-order valence-corrected chi connectivity index (χ0v) is 16.9. The molecular weight excluding hydrogens is 360 g/mol. The summed E-state index contributed by atoms with van der Waals surface area (Å²) in [6.07, 6.45) is 9.77. The number of nitrogens with zero attached hydrogens (tertiary/aromatic N) is 1. The van der Waals surface area contributed by atoms with E-state index in [2.05, 4.69) is 5.32 Å². The van der Waals surface area contributed by atoms with E-state index < -0.39 is 10.0 Å². The molecule has 1 saturated carbocycles. The molecule has 1 amide bonds. The highest BCUT2D eigenvalue weighted by atomic mass is 32.2. The van der Waals surface area contributed by atoms with Crippen LogP contribution >= 0.6 is 0 Å². The van der Waals surface area contributed by atoms with Gasteiger partial charge in [0.25, 0.3) is 0 Å². The lowest BCUT2D eigenvalue weighted by Gasteiger charge is -2.32. The predicted octanol–water partition coefficient (Wildman–Crippen LogP) is 3.46. The van der Waals surface area contributed by atoms with Gasteiger partial charge >= 0.3 is 0 Å². The molecule has 0 bridgehead atoms. The van der Waals surface area contributed by atoms with Crippen molar-refractivity contribution in [2.24, 2.45) is 5.92 Å². The average Bonchev–Trinajstić information content (AvgIpc) is 2.64. The molecule has 1 aliphatic carbocycles. The fourth-order valence-corrected chi connectivity index (χ4v) is 5.82. The molecule has 1 N–H and O–H groups in total. The second kappa shape index (κ2) is 9.69. The number of sulfonamides is 1. The van der Waals surface area contributed by atoms with Gasteiger partial charge in [0.2, 0.25) is 15.9 Å². The van der Waals surface area contributed by atoms with Crippen molar-refractivity contribution < 1.29 is 13.2 Å². The number of piperidine rings is 1. The fraction of sp³-hybridized carbons (Fsp3) is 0.667. The maximum Gasteiger partial charge on any atom is 0.224 e. The Kier molecular flexibility index (Phi) is 7.30. The van der Waals surface area contributed by atoms with Gasteiger partial charge < -0.3 is 5.32 Å². The topological polar surface area (TPSA) is 66.5 Å². The quantitative estimate of drug-likeness (QED) is 0.834. The minimum Gasteiger partial charge on any atom is -0.353 e. The molecule has 0 unspecified atom stereocenters. The summed E-state index contributed by atoms with van der Waals surface area (Å²) in [5, 5.41) is 3.22. The van der Waals surface area contributed by atoms with E-state index >= 15 is 0 Å². The van der Waals surface area contributed by atoms with Gasteiger partial charge in [-0.15, -0.1) is 0 Å². The number of carbonyl (C=O) groups is 1. The second-order valence-corrected chi connectivity index (χ2v) is 9.96. The second-order valence-electron chi connectivity index (χ2n) is 7.99. The van der Waals surface area contributed by atoms with Crippen LogP contribution in [0, 0.1) is 5.92 Å². The third-order valence-corrected chi connectivity index (χ3v) is 7.61. The molecule has 3 rings (SSSR count). The van der Waals surface area contributed by atoms with Crippen LogP contribution in [0.2, 0.25) is 0 Å². The molecule has 2 fully saturated rings. The molecule has 2 aliphatic rings. The summed E-state index contributed by atoms with van der Waals surface area (Å²) in [7, 11) is -3.39. The van der Waals surface area contributed by atoms with E-state index in [0.29, 0.717) is 13.1 Å². The maximum atomic E-state index is 12.8. The van der Waals surface area contributed by atoms with Crippen molar-refractivity contribution in [3.8, 4) is 0 Å². The molecule has 0 aromatic heterocycles. The van der Waals surface area contributed by atoms with E-state index in [0.717, 1.165) is 31.2 Å². The zero-order valence-electron chi connectivity index (χ0n) is 16.1. The molecule has 5 nitrogen and oxygen atoms in total. The Balaban J connectivity index is 1.57. The highest BCUT2D eigenvalue weighted by molar-refractivity contribution is 7.88. The minimum absolute atomic E-state index is 0.00477. The van der Waals surface area contributed by atoms with E-state index in [9.17, 15) is 13.2 Å². The first-order chi connectivity index (χ1) is 13.0. The Morgan fingerprint density at radius 1 is 0.963 bits per heavy atom. The van der Waals surface area contributed by atoms with E-state index in [-0.39, 0.29) is 23.6 Å². The van der Waals surface area contributed by atoms with Crippen LogP contribution in [0.5, 0.6) is 0 Å². The molecule has 1 saturated heterocycles. The lowest BCUT2D eigenvalue weighted by Crippen LogP contribution is -2.47. The zero-order chi connectivity index (χ0) is 19.1. The molecule has 1 aliphatic heterocycles. The number of carbonyl (C=O) groups excluding carboxylic acids is 1. The van der Waals surface area contributed by atoms with E-state index in [1.165, 1.54) is 36.4 Å². The summed E-state index contributed by atoms with van der Waals surface area (Å²) in [4.78, 5) is 12.8. The SMILES string of the molecule is O=C(NC1CCCCCCC1)[C@@H]1CCCN(S(=O)(=O)Cc2ccccc2)C1. The summed E-state index contributed by atoms with van der Waals surface area (Å²) in [5.41, 5.74) is 0.790. The van der Waals surface area contributed by atoms with Gasteiger partial charge in [-0.05, 0) is 31.2 Å². The van der Waals surface area contributed by atoms with Gasteiger partial charge in [-0.2, -0.15) is 0 Å². The van der Waals surface area contributed by atoms with Gasteiger partial charge in [0.05, 0.1) is 11.7 Å². The van der Waals surface area contributed by atoms with Crippen LogP contribution in [0.1, 0.15) is 63.4 Å². The molecule has 1 atom stereocenters. The Labute approximate surface area is 163 Å². The van der Waals surface area contributed by atoms with Crippen molar-refractivity contribution in [2.75, 3.05) is 13.1 Å². The standard InChI is InChI=1S/C21H32N2O3S/c24-21(22-20-13-7-2-1-3-8-14-20)19-12-9-15-23(16-19)27(25,26)17-18-10-5-4-6-11-18/h4-6,10-11,19-20H,1-3,7-9,12-17H2,(H,22,24)/t19-/m1/s1. The summed E-state index contributed by atoms with van der Waals surface area (Å²) in [5.74, 6) is -0.180. The van der Waals surface area contributed by atoms with Crippen LogP contribution in [0.3, 0.4) is 0 Å². The van der Waals surface area contributed by atoms with Crippen molar-refractivity contribution >= 4 is 15.9 Å². The number of hydrogen-bond acceptors (Lipinski definition) is 3. The summed E-state index contributed by atoms with van der Waals surface area (Å²) in [6.45, 7) is 0.829. The molecule has 0 spiro atoms. The predicted molar refractivity (Wildman–Crippen MR) is 108 cm³/mol. The lowest BCUT2D eigenvalue weighted by molar-refractivity contribution is -0.126. The van der Waals surface area contributed by atoms with E-state index in [1.807, 2.05) is 30.3 Å². The Morgan fingerprint density at radius 2 is 1.63 bits per heavy atom. The first-order valence-electron chi connectivity index (χ1n) is 10.4. The highest BCUT2D eigenvalue weighted by Gasteiger charge is 2.33. The van der Waals surface area contributed by atoms with E-state index in [4.69, 9.17) is 0 Å². The number of hydrogen-bond donors (Lipinski definition) is 1. The maximum absolute atomic E-state index is 12.8. The number of rotatable bonds is 5. The van der Waals surface area contributed by atoms with Crippen molar-refractivity contribution in [1.29, 1.82) is 0 Å². The van der Waals surface area contributed by atoms with Crippen LogP contribution in [-0.4, -0.2) is 37.8 Å². The van der Waals surface area contributed by atoms with Gasteiger partial charge in [-0.3, -0.25) is 4.79 Å². The molecule has 150 valence electrons. The largest absolute Gasteiger partial charge is 0.353 e. The number of nitrogens with one attached hydrogen (secondary N) is 1. The monoisotopic (exact) mass is 392 g/mol. The van der Waals surface area contributed by atoms with Gasteiger partial charge in [-0.25, -0.2) is 12.7 Å². The molecule has 1 aromatic carbocycles. The summed E-state index contributed by atoms with van der Waals surface area (Å²) < 4.78 is 27.1. The van der Waals surface area contributed by atoms with Gasteiger partial charge in [0.1, 0.15) is 0 Å². The first-order valence-corrected chi connectivity index (χ1v) is 12.0. The molecule has 1 heterocycles. The normalized spacial score (nSPS) is 23.3. The van der Waals surface area contributed by atoms with Gasteiger partial charge in [-0.1, -0.05) is 62.4 Å². The summed E-state index contributed by atoms with van der Waals surface area (Å²) >= 11 is 0. The third kappa shape index (κ3) is 6.04. The van der Waals surface area contributed by atoms with Crippen LogP contribution in [0.15, 0.2) is 30.3 Å². The smallest absolute Gasteiger partial charge is 0.224 e. The highest BCUT2D eigenvalue weighted by Crippen LogP contribution is 2.23. The van der Waals surface area contributed by atoms with Crippen LogP contribution in [0.25, 0.3) is 0 Å². The Morgan fingerprint density at radius 3 is 2.33 bits per heavy atom. The van der Waals surface area contributed by atoms with Crippen molar-refractivity contribution in [3.05, 3.63) is 35.9 Å². The third-order valence-electron chi connectivity index (χ3n) is 5.79. The average molecular weight is 393 g/mol. The van der Waals surface area contributed by atoms with Crippen molar-refractivity contribution in [1.82, 2.24) is 9.62 Å². The molecule has 1 aromatic rings. The molecular formula is C21H32N2O3S. The molecule has 27 heavy (non-hydrogen) atoms. The van der Waals surface area contributed by atoms with Crippen molar-refractivity contribution in [2.45, 2.75) is 69.6 Å². The molecule has 0 radical (unpaired) electrons. The van der Waals surface area contributed by atoms with Gasteiger partial charge in [0.15, 0.2) is 0 Å². The van der Waals surface area contributed by atoms with Gasteiger partial charge in [0, 0.05) is 19.1 Å². The number of amides is 1. The molecule has 6 heteroatoms. The minimum atomic E-state index is -3.39. The fourth-order valence-electron chi connectivity index (χ4n) is 4.20. The van der Waals surface area contributed by atoms with Crippen molar-refractivity contribution in [3.63, 3.8) is 0 Å². The van der Waals surface area contributed by atoms with Crippen LogP contribution in [-0.2, 0) is 20.6 Å². The van der Waals surface area contributed by atoms with E-state index in [1.54, 1.807) is 0 Å². The number of benzene rings is 1. The van der Waals surface area contributed by atoms with Crippen LogP contribution < -0.4 is 5.32 Å². The Hall–Kier alpha value is -1.40. The summed E-state index contributed by atoms with van der Waals surface area (Å²) in [6, 6.07) is 9.51. The first kappa shape index (κ1) is 20.3.